The lowest BCUT2D eigenvalue weighted by molar-refractivity contribution is -0.131. The molecular formula is C15H14N2O4. The molecule has 1 aromatic carbocycles. The molecule has 6 nitrogen and oxygen atoms in total. The van der Waals surface area contributed by atoms with Gasteiger partial charge in [0.05, 0.1) is 7.11 Å². The van der Waals surface area contributed by atoms with Gasteiger partial charge in [0.15, 0.2) is 0 Å². The molecule has 0 spiro atoms. The van der Waals surface area contributed by atoms with Gasteiger partial charge in [0.1, 0.15) is 17.1 Å². The number of methoxy groups -OCH3 is 1. The first-order valence-corrected chi connectivity index (χ1v) is 6.18. The first-order valence-electron chi connectivity index (χ1n) is 6.18. The van der Waals surface area contributed by atoms with Gasteiger partial charge in [0, 0.05) is 17.8 Å². The summed E-state index contributed by atoms with van der Waals surface area (Å²) in [7, 11) is 1.54. The van der Waals surface area contributed by atoms with Crippen molar-refractivity contribution in [2.75, 3.05) is 7.11 Å². The summed E-state index contributed by atoms with van der Waals surface area (Å²) in [5, 5.41) is 12.8. The van der Waals surface area contributed by atoms with E-state index in [1.165, 1.54) is 12.1 Å². The van der Waals surface area contributed by atoms with E-state index in [1.54, 1.807) is 30.8 Å². The summed E-state index contributed by atoms with van der Waals surface area (Å²) in [5.74, 6) is -0.537. The van der Waals surface area contributed by atoms with Gasteiger partial charge in [-0.25, -0.2) is 9.48 Å². The predicted molar refractivity (Wildman–Crippen MR) is 77.8 cm³/mol. The quantitative estimate of drug-likeness (QED) is 0.864. The maximum absolute atomic E-state index is 11.8. The van der Waals surface area contributed by atoms with E-state index >= 15 is 0 Å². The van der Waals surface area contributed by atoms with E-state index in [0.29, 0.717) is 17.1 Å². The number of aryl methyl sites for hydroxylation is 1. The third-order valence-corrected chi connectivity index (χ3v) is 2.83. The number of para-hydroxylation sites is 2. The highest BCUT2D eigenvalue weighted by Gasteiger charge is 2.09. The number of aromatic nitrogens is 2. The number of rotatable bonds is 4. The summed E-state index contributed by atoms with van der Waals surface area (Å²) in [6.45, 7) is 1.74. The van der Waals surface area contributed by atoms with Gasteiger partial charge in [-0.05, 0) is 25.1 Å². The topological polar surface area (TPSA) is 81.4 Å². The second-order valence-corrected chi connectivity index (χ2v) is 4.29. The van der Waals surface area contributed by atoms with Crippen LogP contribution in [-0.4, -0.2) is 28.0 Å². The zero-order valence-electron chi connectivity index (χ0n) is 11.6. The molecule has 1 aromatic heterocycles. The van der Waals surface area contributed by atoms with Crippen molar-refractivity contribution in [3.05, 3.63) is 58.0 Å². The molecule has 0 amide bonds. The summed E-state index contributed by atoms with van der Waals surface area (Å²) in [6, 6.07) is 8.63. The average molecular weight is 286 g/mol. The van der Waals surface area contributed by atoms with Gasteiger partial charge in [-0.3, -0.25) is 4.79 Å². The second-order valence-electron chi connectivity index (χ2n) is 4.29. The second kappa shape index (κ2) is 6.04. The number of hydrogen-bond acceptors (Lipinski definition) is 4. The van der Waals surface area contributed by atoms with E-state index in [-0.39, 0.29) is 11.1 Å². The van der Waals surface area contributed by atoms with Gasteiger partial charge in [-0.15, -0.1) is 0 Å². The van der Waals surface area contributed by atoms with Crippen LogP contribution >= 0.6 is 0 Å². The minimum Gasteiger partial charge on any atom is -0.494 e. The van der Waals surface area contributed by atoms with Crippen molar-refractivity contribution in [3.8, 4) is 11.4 Å². The number of carbonyl (C=O) groups is 1. The van der Waals surface area contributed by atoms with E-state index in [4.69, 9.17) is 9.84 Å². The van der Waals surface area contributed by atoms with Crippen LogP contribution in [0.1, 0.15) is 11.4 Å². The fraction of sp³-hybridized carbons (Fsp3) is 0.133. The van der Waals surface area contributed by atoms with Crippen LogP contribution < -0.4 is 10.2 Å². The van der Waals surface area contributed by atoms with Crippen molar-refractivity contribution < 1.29 is 14.6 Å². The molecule has 0 saturated heterocycles. The fourth-order valence-electron chi connectivity index (χ4n) is 1.87. The molecule has 108 valence electrons. The predicted octanol–water partition coefficient (Wildman–Crippen LogP) is 1.65. The summed E-state index contributed by atoms with van der Waals surface area (Å²) in [6.07, 6.45) is 2.06. The molecule has 0 aliphatic heterocycles. The van der Waals surface area contributed by atoms with Crippen molar-refractivity contribution in [2.24, 2.45) is 0 Å². The van der Waals surface area contributed by atoms with Crippen LogP contribution in [0.2, 0.25) is 0 Å². The molecule has 0 aliphatic rings. The van der Waals surface area contributed by atoms with Gasteiger partial charge in [0.25, 0.3) is 0 Å². The van der Waals surface area contributed by atoms with Crippen molar-refractivity contribution in [3.63, 3.8) is 0 Å². The highest BCUT2D eigenvalue weighted by Crippen LogP contribution is 2.22. The lowest BCUT2D eigenvalue weighted by Crippen LogP contribution is -2.17. The Bertz CT molecular complexity index is 763. The maximum Gasteiger partial charge on any atom is 0.328 e. The van der Waals surface area contributed by atoms with Crippen LogP contribution in [0.4, 0.5) is 0 Å². The largest absolute Gasteiger partial charge is 0.494 e. The van der Waals surface area contributed by atoms with Gasteiger partial charge in [0.2, 0.25) is 5.43 Å². The molecule has 1 heterocycles. The Kier molecular flexibility index (Phi) is 4.18. The van der Waals surface area contributed by atoms with Crippen LogP contribution in [0.15, 0.2) is 41.2 Å². The number of carboxylic acids is 1. The number of benzene rings is 1. The van der Waals surface area contributed by atoms with Gasteiger partial charge in [-0.2, -0.15) is 5.10 Å². The molecule has 2 aromatic rings. The SMILES string of the molecule is COc1ccccc1-n1nc(/C=C/C(=O)O)c(=O)cc1C. The summed E-state index contributed by atoms with van der Waals surface area (Å²) >= 11 is 0. The molecule has 0 unspecified atom stereocenters. The first kappa shape index (κ1) is 14.5. The Hall–Kier alpha value is -2.89. The maximum atomic E-state index is 11.8. The van der Waals surface area contributed by atoms with E-state index in [1.807, 2.05) is 12.1 Å². The van der Waals surface area contributed by atoms with Crippen LogP contribution in [0.5, 0.6) is 5.75 Å². The Morgan fingerprint density at radius 1 is 1.38 bits per heavy atom. The standard InChI is InChI=1S/C15H14N2O4/c1-10-9-13(18)11(7-8-15(19)20)16-17(10)12-5-3-4-6-14(12)21-2/h3-9H,1-2H3,(H,19,20)/b8-7+. The summed E-state index contributed by atoms with van der Waals surface area (Å²) in [4.78, 5) is 22.4. The highest BCUT2D eigenvalue weighted by atomic mass is 16.5. The highest BCUT2D eigenvalue weighted by molar-refractivity contribution is 5.84. The van der Waals surface area contributed by atoms with Crippen molar-refractivity contribution in [2.45, 2.75) is 6.92 Å². The third-order valence-electron chi connectivity index (χ3n) is 2.83. The Morgan fingerprint density at radius 3 is 2.76 bits per heavy atom. The van der Waals surface area contributed by atoms with E-state index in [2.05, 4.69) is 5.10 Å². The first-order chi connectivity index (χ1) is 10.0. The smallest absolute Gasteiger partial charge is 0.328 e. The molecule has 0 radical (unpaired) electrons. The normalized spacial score (nSPS) is 10.8. The molecule has 1 N–H and O–H groups in total. The average Bonchev–Trinajstić information content (AvgIpc) is 2.46. The van der Waals surface area contributed by atoms with Crippen LogP contribution in [0.3, 0.4) is 0 Å². The number of aliphatic carboxylic acids is 1. The molecule has 0 atom stereocenters. The minimum absolute atomic E-state index is 0.0499. The Labute approximate surface area is 120 Å². The van der Waals surface area contributed by atoms with Crippen LogP contribution in [0.25, 0.3) is 11.8 Å². The molecule has 0 fully saturated rings. The van der Waals surface area contributed by atoms with E-state index < -0.39 is 5.97 Å². The lowest BCUT2D eigenvalue weighted by Gasteiger charge is -2.13. The lowest BCUT2D eigenvalue weighted by atomic mass is 10.2. The van der Waals surface area contributed by atoms with Gasteiger partial charge >= 0.3 is 5.97 Å². The monoisotopic (exact) mass is 286 g/mol. The number of carboxylic acid groups (broad SMARTS) is 1. The summed E-state index contributed by atoms with van der Waals surface area (Å²) in [5.41, 5.74) is 1.00. The molecule has 0 bridgehead atoms. The molecule has 21 heavy (non-hydrogen) atoms. The van der Waals surface area contributed by atoms with E-state index in [0.717, 1.165) is 6.08 Å². The zero-order valence-corrected chi connectivity index (χ0v) is 11.6. The molecule has 0 aliphatic carbocycles. The number of nitrogens with zero attached hydrogens (tertiary/aromatic N) is 2. The van der Waals surface area contributed by atoms with E-state index in [9.17, 15) is 9.59 Å². The third kappa shape index (κ3) is 3.17. The van der Waals surface area contributed by atoms with Gasteiger partial charge in [-0.1, -0.05) is 12.1 Å². The Morgan fingerprint density at radius 2 is 2.10 bits per heavy atom. The molecular weight excluding hydrogens is 272 g/mol. The number of hydrogen-bond donors (Lipinski definition) is 1. The van der Waals surface area contributed by atoms with Crippen LogP contribution in [-0.2, 0) is 4.79 Å². The number of ether oxygens (including phenoxy) is 1. The minimum atomic E-state index is -1.14. The molecule has 2 rings (SSSR count). The molecule has 0 saturated carbocycles. The van der Waals surface area contributed by atoms with Gasteiger partial charge < -0.3 is 9.84 Å². The van der Waals surface area contributed by atoms with Crippen LogP contribution in [0, 0.1) is 6.92 Å². The zero-order chi connectivity index (χ0) is 15.4. The van der Waals surface area contributed by atoms with Crippen molar-refractivity contribution in [1.82, 2.24) is 9.78 Å². The van der Waals surface area contributed by atoms with Crippen molar-refractivity contribution >= 4 is 12.0 Å². The Balaban J connectivity index is 2.61. The summed E-state index contributed by atoms with van der Waals surface area (Å²) < 4.78 is 6.82. The fourth-order valence-corrected chi connectivity index (χ4v) is 1.87. The molecule has 6 heteroatoms. The van der Waals surface area contributed by atoms with Crippen molar-refractivity contribution in [1.29, 1.82) is 0 Å².